The number of fused-ring (bicyclic) bond motifs is 1. The molecule has 0 unspecified atom stereocenters. The molecule has 0 aliphatic carbocycles. The minimum atomic E-state index is 0.418. The number of aromatic nitrogens is 3. The van der Waals surface area contributed by atoms with Crippen molar-refractivity contribution in [3.8, 4) is 11.5 Å². The fourth-order valence-electron chi connectivity index (χ4n) is 2.00. The summed E-state index contributed by atoms with van der Waals surface area (Å²) < 4.78 is 0.756. The number of para-hydroxylation sites is 1. The van der Waals surface area contributed by atoms with Crippen molar-refractivity contribution in [1.29, 1.82) is 0 Å². The first kappa shape index (κ1) is 13.5. The lowest BCUT2D eigenvalue weighted by Crippen LogP contribution is -1.99. The zero-order chi connectivity index (χ0) is 14.1. The van der Waals surface area contributed by atoms with Crippen molar-refractivity contribution in [3.63, 3.8) is 0 Å². The third-order valence-corrected chi connectivity index (χ3v) is 4.38. The molecule has 0 saturated carbocycles. The number of hydrogen-bond acceptors (Lipinski definition) is 3. The van der Waals surface area contributed by atoms with Crippen LogP contribution in [0.1, 0.15) is 12.6 Å². The number of rotatable bonds is 2. The van der Waals surface area contributed by atoms with E-state index in [0.717, 1.165) is 33.2 Å². The first-order valence-corrected chi connectivity index (χ1v) is 7.44. The smallest absolute Gasteiger partial charge is 0.179 e. The van der Waals surface area contributed by atoms with E-state index in [-0.39, 0.29) is 0 Å². The molecule has 3 rings (SSSR count). The molecule has 0 N–H and O–H groups in total. The summed E-state index contributed by atoms with van der Waals surface area (Å²) in [7, 11) is 0. The molecule has 100 valence electrons. The van der Waals surface area contributed by atoms with Gasteiger partial charge < -0.3 is 0 Å². The van der Waals surface area contributed by atoms with E-state index in [1.165, 1.54) is 0 Å². The molecule has 2 heterocycles. The zero-order valence-electron chi connectivity index (χ0n) is 10.8. The maximum absolute atomic E-state index is 6.14. The average Bonchev–Trinajstić information content (AvgIpc) is 2.49. The quantitative estimate of drug-likeness (QED) is 0.632. The van der Waals surface area contributed by atoms with Crippen LogP contribution in [0.15, 0.2) is 40.9 Å². The standard InChI is InChI=1S/C15H11BrClN3/c1-2-10-13(16)14(17)20-15(19-10)12-8-7-9-5-3-4-6-11(9)18-12/h3-8H,2H2,1H3. The predicted molar refractivity (Wildman–Crippen MR) is 84.9 cm³/mol. The van der Waals surface area contributed by atoms with Crippen LogP contribution in [0.2, 0.25) is 5.15 Å². The number of benzene rings is 1. The summed E-state index contributed by atoms with van der Waals surface area (Å²) in [6, 6.07) is 11.9. The van der Waals surface area contributed by atoms with Gasteiger partial charge in [0.25, 0.3) is 0 Å². The summed E-state index contributed by atoms with van der Waals surface area (Å²) in [5.74, 6) is 0.556. The van der Waals surface area contributed by atoms with Gasteiger partial charge in [0, 0.05) is 5.39 Å². The van der Waals surface area contributed by atoms with Gasteiger partial charge in [0.1, 0.15) is 10.8 Å². The maximum atomic E-state index is 6.14. The monoisotopic (exact) mass is 347 g/mol. The van der Waals surface area contributed by atoms with Crippen molar-refractivity contribution in [2.75, 3.05) is 0 Å². The summed E-state index contributed by atoms with van der Waals surface area (Å²) >= 11 is 9.55. The van der Waals surface area contributed by atoms with Crippen LogP contribution < -0.4 is 0 Å². The van der Waals surface area contributed by atoms with Gasteiger partial charge >= 0.3 is 0 Å². The molecule has 0 spiro atoms. The fraction of sp³-hybridized carbons (Fsp3) is 0.133. The normalized spacial score (nSPS) is 10.9. The Morgan fingerprint density at radius 2 is 1.85 bits per heavy atom. The van der Waals surface area contributed by atoms with Crippen molar-refractivity contribution in [1.82, 2.24) is 15.0 Å². The molecule has 1 aromatic carbocycles. The van der Waals surface area contributed by atoms with E-state index in [9.17, 15) is 0 Å². The first-order chi connectivity index (χ1) is 9.69. The lowest BCUT2D eigenvalue weighted by atomic mass is 10.2. The zero-order valence-corrected chi connectivity index (χ0v) is 13.1. The molecular weight excluding hydrogens is 338 g/mol. The highest BCUT2D eigenvalue weighted by Crippen LogP contribution is 2.27. The third kappa shape index (κ3) is 2.41. The first-order valence-electron chi connectivity index (χ1n) is 6.27. The molecule has 0 aliphatic rings. The average molecular weight is 349 g/mol. The fourth-order valence-corrected chi connectivity index (χ4v) is 2.65. The Labute approximate surface area is 130 Å². The van der Waals surface area contributed by atoms with Crippen LogP contribution in [0.5, 0.6) is 0 Å². The number of halogens is 2. The van der Waals surface area contributed by atoms with Gasteiger partial charge in [0.05, 0.1) is 15.7 Å². The van der Waals surface area contributed by atoms with Gasteiger partial charge in [-0.15, -0.1) is 0 Å². The van der Waals surface area contributed by atoms with E-state index in [1.54, 1.807) is 0 Å². The van der Waals surface area contributed by atoms with Crippen LogP contribution in [0.3, 0.4) is 0 Å². The molecule has 0 amide bonds. The second kappa shape index (κ2) is 5.46. The second-order valence-corrected chi connectivity index (χ2v) is 5.49. The molecule has 20 heavy (non-hydrogen) atoms. The van der Waals surface area contributed by atoms with E-state index in [1.807, 2.05) is 43.3 Å². The number of aryl methyl sites for hydroxylation is 1. The van der Waals surface area contributed by atoms with Gasteiger partial charge in [-0.2, -0.15) is 0 Å². The summed E-state index contributed by atoms with van der Waals surface area (Å²) in [5.41, 5.74) is 2.54. The Kier molecular flexibility index (Phi) is 3.68. The van der Waals surface area contributed by atoms with Crippen molar-refractivity contribution in [3.05, 3.63) is 51.7 Å². The van der Waals surface area contributed by atoms with Crippen molar-refractivity contribution < 1.29 is 0 Å². The van der Waals surface area contributed by atoms with E-state index >= 15 is 0 Å². The third-order valence-electron chi connectivity index (χ3n) is 3.04. The van der Waals surface area contributed by atoms with E-state index < -0.39 is 0 Å². The van der Waals surface area contributed by atoms with Gasteiger partial charge in [-0.3, -0.25) is 0 Å². The maximum Gasteiger partial charge on any atom is 0.179 e. The minimum Gasteiger partial charge on any atom is -0.244 e. The summed E-state index contributed by atoms with van der Waals surface area (Å²) in [4.78, 5) is 13.4. The highest BCUT2D eigenvalue weighted by molar-refractivity contribution is 9.10. The van der Waals surface area contributed by atoms with Crippen molar-refractivity contribution in [2.24, 2.45) is 0 Å². The van der Waals surface area contributed by atoms with Gasteiger partial charge in [0.15, 0.2) is 5.82 Å². The molecule has 3 nitrogen and oxygen atoms in total. The molecule has 3 aromatic rings. The molecule has 0 radical (unpaired) electrons. The van der Waals surface area contributed by atoms with E-state index in [2.05, 4.69) is 30.9 Å². The Balaban J connectivity index is 2.17. The van der Waals surface area contributed by atoms with Crippen LogP contribution in [0.4, 0.5) is 0 Å². The van der Waals surface area contributed by atoms with Crippen molar-refractivity contribution >= 4 is 38.4 Å². The lowest BCUT2D eigenvalue weighted by molar-refractivity contribution is 0.986. The Morgan fingerprint density at radius 3 is 2.65 bits per heavy atom. The molecule has 2 aromatic heterocycles. The summed E-state index contributed by atoms with van der Waals surface area (Å²) in [6.07, 6.45) is 0.781. The molecule has 0 fully saturated rings. The largest absolute Gasteiger partial charge is 0.244 e. The topological polar surface area (TPSA) is 38.7 Å². The Hall–Kier alpha value is -1.52. The van der Waals surface area contributed by atoms with Crippen LogP contribution in [-0.4, -0.2) is 15.0 Å². The van der Waals surface area contributed by atoms with Gasteiger partial charge in [-0.05, 0) is 34.5 Å². The predicted octanol–water partition coefficient (Wildman–Crippen LogP) is 4.67. The van der Waals surface area contributed by atoms with Crippen LogP contribution in [0.25, 0.3) is 22.4 Å². The number of pyridine rings is 1. The molecule has 5 heteroatoms. The van der Waals surface area contributed by atoms with Gasteiger partial charge in [-0.25, -0.2) is 15.0 Å². The highest BCUT2D eigenvalue weighted by Gasteiger charge is 2.12. The molecular formula is C15H11BrClN3. The molecule has 0 bridgehead atoms. The van der Waals surface area contributed by atoms with Gasteiger partial charge in [0.2, 0.25) is 0 Å². The minimum absolute atomic E-state index is 0.418. The molecule has 0 atom stereocenters. The second-order valence-electron chi connectivity index (χ2n) is 4.34. The molecule has 0 aliphatic heterocycles. The number of hydrogen-bond donors (Lipinski definition) is 0. The molecule has 0 saturated heterocycles. The SMILES string of the molecule is CCc1nc(-c2ccc3ccccc3n2)nc(Cl)c1Br. The van der Waals surface area contributed by atoms with E-state index in [0.29, 0.717) is 11.0 Å². The number of nitrogens with zero attached hydrogens (tertiary/aromatic N) is 3. The van der Waals surface area contributed by atoms with Crippen LogP contribution in [0, 0.1) is 0 Å². The van der Waals surface area contributed by atoms with Crippen LogP contribution in [-0.2, 0) is 6.42 Å². The summed E-state index contributed by atoms with van der Waals surface area (Å²) in [5, 5.41) is 1.51. The Morgan fingerprint density at radius 1 is 1.05 bits per heavy atom. The Bertz CT molecular complexity index is 789. The lowest BCUT2D eigenvalue weighted by Gasteiger charge is -2.07. The summed E-state index contributed by atoms with van der Waals surface area (Å²) in [6.45, 7) is 2.03. The van der Waals surface area contributed by atoms with Crippen LogP contribution >= 0.6 is 27.5 Å². The van der Waals surface area contributed by atoms with Crippen molar-refractivity contribution in [2.45, 2.75) is 13.3 Å². The van der Waals surface area contributed by atoms with E-state index in [4.69, 9.17) is 11.6 Å². The van der Waals surface area contributed by atoms with Gasteiger partial charge in [-0.1, -0.05) is 42.8 Å². The highest BCUT2D eigenvalue weighted by atomic mass is 79.9.